The predicted molar refractivity (Wildman–Crippen MR) is 195 cm³/mol. The molecule has 0 saturated carbocycles. The van der Waals surface area contributed by atoms with Gasteiger partial charge in [0.05, 0.1) is 22.8 Å². The van der Waals surface area contributed by atoms with Crippen LogP contribution in [0.2, 0.25) is 0 Å². The molecule has 6 N–H and O–H groups in total. The second-order valence-corrected chi connectivity index (χ2v) is 13.4. The minimum Gasteiger partial charge on any atom is -0.396 e. The van der Waals surface area contributed by atoms with Gasteiger partial charge in [0.25, 0.3) is 0 Å². The highest BCUT2D eigenvalue weighted by atomic mass is 32.1. The molecule has 1 aromatic heterocycles. The van der Waals surface area contributed by atoms with E-state index in [9.17, 15) is 0 Å². The number of hydrogen-bond acceptors (Lipinski definition) is 5. The highest BCUT2D eigenvalue weighted by Crippen LogP contribution is 2.39. The van der Waals surface area contributed by atoms with Gasteiger partial charge in [-0.2, -0.15) is 0 Å². The lowest BCUT2D eigenvalue weighted by Crippen LogP contribution is -2.29. The topological polar surface area (TPSA) is 99.7 Å². The molecule has 0 radical (unpaired) electrons. The van der Waals surface area contributed by atoms with Crippen molar-refractivity contribution in [3.8, 4) is 21.6 Å². The molecule has 1 aliphatic carbocycles. The Morgan fingerprint density at radius 3 is 1.65 bits per heavy atom. The van der Waals surface area contributed by atoms with Crippen LogP contribution >= 0.6 is 11.3 Å². The first-order valence-corrected chi connectivity index (χ1v) is 17.3. The van der Waals surface area contributed by atoms with E-state index < -0.39 is 0 Å². The highest BCUT2D eigenvalue weighted by molar-refractivity contribution is 7.17. The Kier molecular flexibility index (Phi) is 10.4. The van der Waals surface area contributed by atoms with Crippen molar-refractivity contribution in [2.45, 2.75) is 66.2 Å². The van der Waals surface area contributed by atoms with Gasteiger partial charge in [-0.25, -0.2) is 4.39 Å². The molecule has 4 nitrogen and oxygen atoms in total. The van der Waals surface area contributed by atoms with Crippen molar-refractivity contribution in [1.29, 1.82) is 10.8 Å². The van der Waals surface area contributed by atoms with E-state index in [2.05, 4.69) is 52.0 Å². The van der Waals surface area contributed by atoms with Gasteiger partial charge in [0.15, 0.2) is 0 Å². The number of thiophene rings is 1. The lowest BCUT2D eigenvalue weighted by molar-refractivity contribution is 0.489. The zero-order chi connectivity index (χ0) is 33.0. The number of benzene rings is 3. The summed E-state index contributed by atoms with van der Waals surface area (Å²) >= 11 is 1.55. The van der Waals surface area contributed by atoms with Crippen molar-refractivity contribution in [2.75, 3.05) is 0 Å². The van der Waals surface area contributed by atoms with Crippen LogP contribution in [0.15, 0.2) is 90.3 Å². The number of nitrogens with two attached hydrogens (primary N) is 2. The molecule has 0 aliphatic heterocycles. The third-order valence-electron chi connectivity index (χ3n) is 9.54. The Bertz CT molecular complexity index is 1790. The van der Waals surface area contributed by atoms with Gasteiger partial charge in [-0.05, 0) is 70.7 Å². The maximum atomic E-state index is 15.2. The molecular formula is C40H45FN4S. The highest BCUT2D eigenvalue weighted by Gasteiger charge is 2.30. The van der Waals surface area contributed by atoms with E-state index in [-0.39, 0.29) is 28.6 Å². The molecule has 1 aliphatic rings. The Morgan fingerprint density at radius 1 is 0.587 bits per heavy atom. The van der Waals surface area contributed by atoms with Gasteiger partial charge in [-0.3, -0.25) is 10.8 Å². The van der Waals surface area contributed by atoms with Crippen LogP contribution in [0, 0.1) is 28.5 Å². The van der Waals surface area contributed by atoms with Crippen LogP contribution in [0.25, 0.3) is 32.7 Å². The molecule has 0 unspecified atom stereocenters. The van der Waals surface area contributed by atoms with Crippen LogP contribution in [0.3, 0.4) is 0 Å². The fourth-order valence-electron chi connectivity index (χ4n) is 6.33. The van der Waals surface area contributed by atoms with E-state index in [0.29, 0.717) is 34.1 Å². The predicted octanol–water partition coefficient (Wildman–Crippen LogP) is 10.3. The molecule has 4 aromatic rings. The first-order chi connectivity index (χ1) is 22.2. The summed E-state index contributed by atoms with van der Waals surface area (Å²) in [5.41, 5.74) is 20.1. The third kappa shape index (κ3) is 6.78. The monoisotopic (exact) mass is 632 g/mol. The summed E-state index contributed by atoms with van der Waals surface area (Å²) in [5, 5.41) is 17.9. The van der Waals surface area contributed by atoms with E-state index in [0.717, 1.165) is 52.1 Å². The summed E-state index contributed by atoms with van der Waals surface area (Å²) in [7, 11) is 0. The molecule has 1 heterocycles. The van der Waals surface area contributed by atoms with Gasteiger partial charge < -0.3 is 11.5 Å². The van der Waals surface area contributed by atoms with Crippen LogP contribution in [0.5, 0.6) is 0 Å². The summed E-state index contributed by atoms with van der Waals surface area (Å²) < 4.78 is 15.2. The molecule has 3 aromatic carbocycles. The molecule has 6 heteroatoms. The largest absolute Gasteiger partial charge is 0.396 e. The first kappa shape index (κ1) is 33.1. The average Bonchev–Trinajstić information content (AvgIpc) is 3.56. The van der Waals surface area contributed by atoms with Gasteiger partial charge in [0.2, 0.25) is 0 Å². The molecule has 5 rings (SSSR count). The molecule has 0 atom stereocenters. The summed E-state index contributed by atoms with van der Waals surface area (Å²) in [6, 6.07) is 25.5. The molecular weight excluding hydrogens is 588 g/mol. The lowest BCUT2D eigenvalue weighted by atomic mass is 9.85. The smallest absolute Gasteiger partial charge is 0.131 e. The van der Waals surface area contributed by atoms with Crippen molar-refractivity contribution in [3.05, 3.63) is 118 Å². The van der Waals surface area contributed by atoms with E-state index in [1.165, 1.54) is 18.4 Å². The fourth-order valence-corrected chi connectivity index (χ4v) is 7.41. The van der Waals surface area contributed by atoms with Crippen LogP contribution < -0.4 is 11.5 Å². The fraction of sp³-hybridized carbons (Fsp3) is 0.300. The Labute approximate surface area is 277 Å². The molecule has 0 amide bonds. The van der Waals surface area contributed by atoms with E-state index in [4.69, 9.17) is 22.3 Å². The number of rotatable bonds is 12. The molecule has 0 spiro atoms. The maximum absolute atomic E-state index is 15.2. The summed E-state index contributed by atoms with van der Waals surface area (Å²) in [6.07, 6.45) is 6.49. The van der Waals surface area contributed by atoms with Gasteiger partial charge >= 0.3 is 0 Å². The number of hydrogen-bond donors (Lipinski definition) is 4. The van der Waals surface area contributed by atoms with Crippen LogP contribution in [0.1, 0.15) is 74.9 Å². The Balaban J connectivity index is 1.35. The second-order valence-electron chi connectivity index (χ2n) is 12.4. The van der Waals surface area contributed by atoms with Crippen molar-refractivity contribution in [1.82, 2.24) is 0 Å². The van der Waals surface area contributed by atoms with E-state index in [1.807, 2.05) is 48.5 Å². The van der Waals surface area contributed by atoms with Crippen molar-refractivity contribution in [2.24, 2.45) is 23.3 Å². The number of halogens is 1. The third-order valence-corrected chi connectivity index (χ3v) is 10.7. The number of nitrogens with one attached hydrogen (secondary N) is 2. The van der Waals surface area contributed by atoms with Crippen LogP contribution in [0.4, 0.5) is 4.39 Å². The van der Waals surface area contributed by atoms with Gasteiger partial charge in [-0.1, -0.05) is 114 Å². The standard InChI is InChI=1S/C40H45FN4S/c1-5-24(6-2)21-26-9-12-29(13-10-26)33-19-20-34(46-33)36-39(44)37(42)35(38(43)40(36)45)30-16-14-28(15-17-30)31-18-11-27(23-32(31)41)22-25(7-3)8-4/h9-20,23-25,42,45H,5-8,21-22,43-44H2,1-4H3. The lowest BCUT2D eigenvalue weighted by Gasteiger charge is -2.23. The SMILES string of the molecule is CCC(CC)Cc1ccc(-c2ccc(C3=C(N)C(=N)C(c4ccc(-c5ccc(CC(CC)CC)cc5F)cc4)=C(N)C3=N)s2)cc1. The Morgan fingerprint density at radius 2 is 1.07 bits per heavy atom. The van der Waals surface area contributed by atoms with E-state index >= 15 is 4.39 Å². The van der Waals surface area contributed by atoms with Crippen molar-refractivity contribution < 1.29 is 4.39 Å². The quantitative estimate of drug-likeness (QED) is 0.117. The molecule has 0 saturated heterocycles. The van der Waals surface area contributed by atoms with Crippen molar-refractivity contribution >= 4 is 33.9 Å². The van der Waals surface area contributed by atoms with E-state index in [1.54, 1.807) is 17.4 Å². The zero-order valence-electron chi connectivity index (χ0n) is 27.3. The normalized spacial score (nSPS) is 13.9. The molecule has 0 fully saturated rings. The molecule has 46 heavy (non-hydrogen) atoms. The summed E-state index contributed by atoms with van der Waals surface area (Å²) in [5.74, 6) is 1.01. The molecule has 0 bridgehead atoms. The van der Waals surface area contributed by atoms with Gasteiger partial charge in [0, 0.05) is 26.5 Å². The summed E-state index contributed by atoms with van der Waals surface area (Å²) in [4.78, 5) is 1.88. The van der Waals surface area contributed by atoms with Crippen LogP contribution in [-0.4, -0.2) is 11.4 Å². The van der Waals surface area contributed by atoms with Gasteiger partial charge in [-0.15, -0.1) is 11.3 Å². The van der Waals surface area contributed by atoms with Gasteiger partial charge in [0.1, 0.15) is 5.82 Å². The van der Waals surface area contributed by atoms with Crippen LogP contribution in [-0.2, 0) is 12.8 Å². The number of allylic oxidation sites excluding steroid dienone is 2. The second kappa shape index (κ2) is 14.4. The Hall–Kier alpha value is -4.29. The minimum atomic E-state index is -0.244. The summed E-state index contributed by atoms with van der Waals surface area (Å²) in [6.45, 7) is 8.84. The average molecular weight is 633 g/mol. The minimum absolute atomic E-state index is 0.0916. The zero-order valence-corrected chi connectivity index (χ0v) is 28.2. The maximum Gasteiger partial charge on any atom is 0.131 e. The molecule has 238 valence electrons. The van der Waals surface area contributed by atoms with Crippen molar-refractivity contribution in [3.63, 3.8) is 0 Å². The first-order valence-electron chi connectivity index (χ1n) is 16.5.